The van der Waals surface area contributed by atoms with Crippen LogP contribution in [0.4, 0.5) is 0 Å². The average Bonchev–Trinajstić information content (AvgIpc) is 2.21. The third-order valence-electron chi connectivity index (χ3n) is 2.02. The monoisotopic (exact) mass is 318 g/mol. The Morgan fingerprint density at radius 1 is 1.40 bits per heavy atom. The summed E-state index contributed by atoms with van der Waals surface area (Å²) in [6, 6.07) is 5.71. The molecule has 1 aromatic rings. The van der Waals surface area contributed by atoms with Gasteiger partial charge in [0.1, 0.15) is 5.75 Å². The smallest absolute Gasteiger partial charge is 0.166 e. The van der Waals surface area contributed by atoms with Crippen molar-refractivity contribution in [1.82, 2.24) is 0 Å². The van der Waals surface area contributed by atoms with Crippen LogP contribution in [0.3, 0.4) is 0 Å². The molecule has 0 fully saturated rings. The number of hydrogen-bond donors (Lipinski definition) is 0. The van der Waals surface area contributed by atoms with Gasteiger partial charge in [0.2, 0.25) is 0 Å². The molecule has 0 unspecified atom stereocenters. The number of rotatable bonds is 5. The predicted molar refractivity (Wildman–Crippen MR) is 69.6 cm³/mol. The number of carbonyl (C=O) groups excluding carboxylic acids is 1. The molecule has 0 aliphatic carbocycles. The summed E-state index contributed by atoms with van der Waals surface area (Å²) in [5, 5.41) is 0. The second-order valence-corrected chi connectivity index (χ2v) is 4.49. The Morgan fingerprint density at radius 3 is 2.73 bits per heavy atom. The molecule has 3 heteroatoms. The van der Waals surface area contributed by atoms with Crippen LogP contribution in [0.1, 0.15) is 37.0 Å². The lowest BCUT2D eigenvalue weighted by Crippen LogP contribution is -2.04. The van der Waals surface area contributed by atoms with Gasteiger partial charge in [-0.05, 0) is 54.1 Å². The minimum Gasteiger partial charge on any atom is -0.493 e. The zero-order valence-corrected chi connectivity index (χ0v) is 11.2. The SMILES string of the molecule is CCCC(=O)c1cc(I)ccc1OCC. The van der Waals surface area contributed by atoms with E-state index in [0.717, 1.165) is 9.99 Å². The number of hydrogen-bond acceptors (Lipinski definition) is 2. The van der Waals surface area contributed by atoms with Crippen LogP contribution in [0.25, 0.3) is 0 Å². The molecular weight excluding hydrogens is 303 g/mol. The molecule has 0 radical (unpaired) electrons. The summed E-state index contributed by atoms with van der Waals surface area (Å²) in [6.45, 7) is 4.52. The molecule has 2 nitrogen and oxygen atoms in total. The molecule has 0 saturated heterocycles. The van der Waals surface area contributed by atoms with E-state index in [-0.39, 0.29) is 5.78 Å². The molecule has 0 aromatic heterocycles. The van der Waals surface area contributed by atoms with Gasteiger partial charge in [0.15, 0.2) is 5.78 Å². The number of ether oxygens (including phenoxy) is 1. The number of benzene rings is 1. The van der Waals surface area contributed by atoms with Crippen LogP contribution < -0.4 is 4.74 Å². The standard InChI is InChI=1S/C12H15IO2/c1-3-5-11(14)10-8-9(13)6-7-12(10)15-4-2/h6-8H,3-5H2,1-2H3. The van der Waals surface area contributed by atoms with E-state index in [1.807, 2.05) is 32.0 Å². The van der Waals surface area contributed by atoms with Gasteiger partial charge in [-0.25, -0.2) is 0 Å². The van der Waals surface area contributed by atoms with Gasteiger partial charge in [-0.1, -0.05) is 6.92 Å². The van der Waals surface area contributed by atoms with Gasteiger partial charge in [-0.15, -0.1) is 0 Å². The second-order valence-electron chi connectivity index (χ2n) is 3.25. The highest BCUT2D eigenvalue weighted by atomic mass is 127. The molecule has 1 rings (SSSR count). The Bertz CT molecular complexity index is 347. The predicted octanol–water partition coefficient (Wildman–Crippen LogP) is 3.67. The van der Waals surface area contributed by atoms with E-state index < -0.39 is 0 Å². The first-order valence-electron chi connectivity index (χ1n) is 5.14. The van der Waals surface area contributed by atoms with Crippen molar-refractivity contribution >= 4 is 28.4 Å². The second kappa shape index (κ2) is 6.10. The maximum atomic E-state index is 11.8. The zero-order chi connectivity index (χ0) is 11.3. The van der Waals surface area contributed by atoms with E-state index in [1.54, 1.807) is 0 Å². The van der Waals surface area contributed by atoms with Crippen LogP contribution in [-0.2, 0) is 0 Å². The fraction of sp³-hybridized carbons (Fsp3) is 0.417. The summed E-state index contributed by atoms with van der Waals surface area (Å²) in [4.78, 5) is 11.8. The van der Waals surface area contributed by atoms with E-state index in [9.17, 15) is 4.79 Å². The van der Waals surface area contributed by atoms with E-state index in [4.69, 9.17) is 4.74 Å². The molecule has 82 valence electrons. The minimum atomic E-state index is 0.166. The van der Waals surface area contributed by atoms with Crippen molar-refractivity contribution in [2.45, 2.75) is 26.7 Å². The average molecular weight is 318 g/mol. The Morgan fingerprint density at radius 2 is 2.13 bits per heavy atom. The molecule has 0 amide bonds. The van der Waals surface area contributed by atoms with Crippen molar-refractivity contribution in [2.75, 3.05) is 6.61 Å². The van der Waals surface area contributed by atoms with E-state index in [0.29, 0.717) is 24.3 Å². The maximum Gasteiger partial charge on any atom is 0.166 e. The van der Waals surface area contributed by atoms with Gasteiger partial charge in [0.05, 0.1) is 12.2 Å². The van der Waals surface area contributed by atoms with Crippen LogP contribution in [0.2, 0.25) is 0 Å². The summed E-state index contributed by atoms with van der Waals surface area (Å²) in [5.41, 5.74) is 0.714. The van der Waals surface area contributed by atoms with Crippen molar-refractivity contribution in [3.05, 3.63) is 27.3 Å². The lowest BCUT2D eigenvalue weighted by Gasteiger charge is -2.09. The first kappa shape index (κ1) is 12.5. The van der Waals surface area contributed by atoms with Crippen LogP contribution in [0, 0.1) is 3.57 Å². The summed E-state index contributed by atoms with van der Waals surface area (Å²) in [7, 11) is 0. The molecule has 15 heavy (non-hydrogen) atoms. The molecule has 0 saturated carbocycles. The molecule has 0 aliphatic heterocycles. The van der Waals surface area contributed by atoms with Crippen LogP contribution in [0.5, 0.6) is 5.75 Å². The summed E-state index contributed by atoms with van der Waals surface area (Å²) < 4.78 is 6.50. The molecule has 0 spiro atoms. The molecular formula is C12H15IO2. The normalized spacial score (nSPS) is 10.1. The highest BCUT2D eigenvalue weighted by Crippen LogP contribution is 2.23. The fourth-order valence-corrected chi connectivity index (χ4v) is 1.85. The largest absolute Gasteiger partial charge is 0.493 e. The number of Topliss-reactive ketones (excluding diaryl/α,β-unsaturated/α-hetero) is 1. The number of halogens is 1. The Hall–Kier alpha value is -0.580. The van der Waals surface area contributed by atoms with Crippen molar-refractivity contribution < 1.29 is 9.53 Å². The first-order valence-corrected chi connectivity index (χ1v) is 6.22. The Labute approximate surface area is 104 Å². The topological polar surface area (TPSA) is 26.3 Å². The molecule has 0 bridgehead atoms. The zero-order valence-electron chi connectivity index (χ0n) is 9.05. The first-order chi connectivity index (χ1) is 7.19. The fourth-order valence-electron chi connectivity index (χ4n) is 1.36. The highest BCUT2D eigenvalue weighted by Gasteiger charge is 2.11. The number of ketones is 1. The lowest BCUT2D eigenvalue weighted by atomic mass is 10.1. The molecule has 0 heterocycles. The Balaban J connectivity index is 3.00. The summed E-state index contributed by atoms with van der Waals surface area (Å²) >= 11 is 2.20. The molecule has 0 aliphatic rings. The van der Waals surface area contributed by atoms with E-state index >= 15 is 0 Å². The summed E-state index contributed by atoms with van der Waals surface area (Å²) in [6.07, 6.45) is 1.45. The third kappa shape index (κ3) is 3.48. The molecule has 0 N–H and O–H groups in total. The minimum absolute atomic E-state index is 0.166. The van der Waals surface area contributed by atoms with Gasteiger partial charge in [-0.3, -0.25) is 4.79 Å². The van der Waals surface area contributed by atoms with Crippen LogP contribution in [-0.4, -0.2) is 12.4 Å². The van der Waals surface area contributed by atoms with Crippen LogP contribution >= 0.6 is 22.6 Å². The van der Waals surface area contributed by atoms with Gasteiger partial charge in [0, 0.05) is 9.99 Å². The quantitative estimate of drug-likeness (QED) is 0.612. The molecule has 0 atom stereocenters. The highest BCUT2D eigenvalue weighted by molar-refractivity contribution is 14.1. The molecule has 1 aromatic carbocycles. The van der Waals surface area contributed by atoms with Gasteiger partial charge < -0.3 is 4.74 Å². The van der Waals surface area contributed by atoms with E-state index in [1.165, 1.54) is 0 Å². The maximum absolute atomic E-state index is 11.8. The van der Waals surface area contributed by atoms with Crippen molar-refractivity contribution in [3.63, 3.8) is 0 Å². The third-order valence-corrected chi connectivity index (χ3v) is 2.69. The lowest BCUT2D eigenvalue weighted by molar-refractivity contribution is 0.0978. The number of carbonyl (C=O) groups is 1. The van der Waals surface area contributed by atoms with Crippen molar-refractivity contribution in [2.24, 2.45) is 0 Å². The van der Waals surface area contributed by atoms with Crippen LogP contribution in [0.15, 0.2) is 18.2 Å². The van der Waals surface area contributed by atoms with Crippen molar-refractivity contribution in [3.8, 4) is 5.75 Å². The van der Waals surface area contributed by atoms with Crippen molar-refractivity contribution in [1.29, 1.82) is 0 Å². The van der Waals surface area contributed by atoms with Gasteiger partial charge in [-0.2, -0.15) is 0 Å². The van der Waals surface area contributed by atoms with E-state index in [2.05, 4.69) is 22.6 Å². The Kier molecular flexibility index (Phi) is 5.08. The summed E-state index contributed by atoms with van der Waals surface area (Å²) in [5.74, 6) is 0.871. The van der Waals surface area contributed by atoms with Gasteiger partial charge >= 0.3 is 0 Å². The van der Waals surface area contributed by atoms with Gasteiger partial charge in [0.25, 0.3) is 0 Å².